The van der Waals surface area contributed by atoms with E-state index in [1.807, 2.05) is 0 Å². The number of hydrogen-bond acceptors (Lipinski definition) is 4. The molecule has 1 unspecified atom stereocenters. The standard InChI is InChI=1S/C16H30N2O3/c1-6-21-14(19)10-18(9-12(2)3)15(20)16(13(4)5)7-8-17-11-16/h12-13,17H,6-11H2,1-5H3. The molecule has 0 aliphatic carbocycles. The molecule has 0 radical (unpaired) electrons. The molecule has 0 aromatic carbocycles. The minimum atomic E-state index is -0.388. The normalized spacial score (nSPS) is 21.9. The molecule has 1 saturated heterocycles. The fraction of sp³-hybridized carbons (Fsp3) is 0.875. The van der Waals surface area contributed by atoms with Crippen molar-refractivity contribution in [1.82, 2.24) is 10.2 Å². The molecule has 0 aromatic heterocycles. The maximum Gasteiger partial charge on any atom is 0.325 e. The number of amides is 1. The zero-order chi connectivity index (χ0) is 16.0. The first kappa shape index (κ1) is 18.0. The maximum absolute atomic E-state index is 13.1. The molecule has 1 aliphatic heterocycles. The molecule has 5 nitrogen and oxygen atoms in total. The van der Waals surface area contributed by atoms with Crippen LogP contribution in [0.5, 0.6) is 0 Å². The Morgan fingerprint density at radius 2 is 1.95 bits per heavy atom. The molecule has 5 heteroatoms. The molecule has 1 N–H and O–H groups in total. The number of carbonyl (C=O) groups is 2. The van der Waals surface area contributed by atoms with Gasteiger partial charge in [-0.1, -0.05) is 27.7 Å². The first-order chi connectivity index (χ1) is 9.83. The predicted molar refractivity (Wildman–Crippen MR) is 82.8 cm³/mol. The summed E-state index contributed by atoms with van der Waals surface area (Å²) in [4.78, 5) is 26.5. The fourth-order valence-electron chi connectivity index (χ4n) is 2.97. The average molecular weight is 298 g/mol. The Bertz CT molecular complexity index is 361. The molecule has 0 spiro atoms. The summed E-state index contributed by atoms with van der Waals surface area (Å²) in [5.74, 6) is 0.333. The van der Waals surface area contributed by atoms with Gasteiger partial charge in [0, 0.05) is 13.1 Å². The van der Waals surface area contributed by atoms with Gasteiger partial charge in [0.25, 0.3) is 0 Å². The molecule has 1 fully saturated rings. The monoisotopic (exact) mass is 298 g/mol. The zero-order valence-corrected chi connectivity index (χ0v) is 14.1. The SMILES string of the molecule is CCOC(=O)CN(CC(C)C)C(=O)C1(C(C)C)CCNC1. The zero-order valence-electron chi connectivity index (χ0n) is 14.1. The van der Waals surface area contributed by atoms with Gasteiger partial charge < -0.3 is 15.0 Å². The van der Waals surface area contributed by atoms with Gasteiger partial charge in [-0.05, 0) is 31.7 Å². The molecule has 122 valence electrons. The van der Waals surface area contributed by atoms with Crippen LogP contribution in [0.15, 0.2) is 0 Å². The highest BCUT2D eigenvalue weighted by molar-refractivity contribution is 5.87. The molecule has 1 heterocycles. The molecule has 1 amide bonds. The predicted octanol–water partition coefficient (Wildman–Crippen LogP) is 1.67. The van der Waals surface area contributed by atoms with Crippen molar-refractivity contribution < 1.29 is 14.3 Å². The molecule has 1 aliphatic rings. The Balaban J connectivity index is 2.90. The third kappa shape index (κ3) is 4.43. The molecular formula is C16H30N2O3. The molecule has 0 bridgehead atoms. The lowest BCUT2D eigenvalue weighted by atomic mass is 9.75. The number of ether oxygens (including phenoxy) is 1. The highest BCUT2D eigenvalue weighted by Crippen LogP contribution is 2.36. The van der Waals surface area contributed by atoms with Gasteiger partial charge >= 0.3 is 5.97 Å². The van der Waals surface area contributed by atoms with Crippen molar-refractivity contribution in [3.8, 4) is 0 Å². The lowest BCUT2D eigenvalue weighted by Crippen LogP contribution is -2.51. The van der Waals surface area contributed by atoms with Crippen LogP contribution in [0.4, 0.5) is 0 Å². The minimum absolute atomic E-state index is 0.0549. The van der Waals surface area contributed by atoms with E-state index in [-0.39, 0.29) is 29.8 Å². The van der Waals surface area contributed by atoms with Gasteiger partial charge in [0.05, 0.1) is 12.0 Å². The Morgan fingerprint density at radius 1 is 1.29 bits per heavy atom. The average Bonchev–Trinajstić information content (AvgIpc) is 2.87. The van der Waals surface area contributed by atoms with Gasteiger partial charge in [0.2, 0.25) is 5.91 Å². The fourth-order valence-corrected chi connectivity index (χ4v) is 2.97. The minimum Gasteiger partial charge on any atom is -0.465 e. The number of nitrogens with one attached hydrogen (secondary N) is 1. The van der Waals surface area contributed by atoms with Crippen molar-refractivity contribution in [2.24, 2.45) is 17.3 Å². The highest BCUT2D eigenvalue weighted by Gasteiger charge is 2.46. The summed E-state index contributed by atoms with van der Waals surface area (Å²) in [5.41, 5.74) is -0.388. The summed E-state index contributed by atoms with van der Waals surface area (Å²) in [6.45, 7) is 12.6. The second-order valence-electron chi connectivity index (χ2n) is 6.62. The lowest BCUT2D eigenvalue weighted by Gasteiger charge is -2.37. The Hall–Kier alpha value is -1.10. The second kappa shape index (κ2) is 7.78. The Kier molecular flexibility index (Phi) is 6.65. The molecule has 0 saturated carbocycles. The van der Waals surface area contributed by atoms with E-state index in [1.54, 1.807) is 11.8 Å². The van der Waals surface area contributed by atoms with E-state index in [2.05, 4.69) is 33.0 Å². The van der Waals surface area contributed by atoms with Crippen LogP contribution in [0.25, 0.3) is 0 Å². The van der Waals surface area contributed by atoms with E-state index >= 15 is 0 Å². The summed E-state index contributed by atoms with van der Waals surface area (Å²) < 4.78 is 5.01. The lowest BCUT2D eigenvalue weighted by molar-refractivity contribution is -0.154. The molecule has 1 rings (SSSR count). The number of rotatable bonds is 7. The van der Waals surface area contributed by atoms with Crippen LogP contribution >= 0.6 is 0 Å². The second-order valence-corrected chi connectivity index (χ2v) is 6.62. The summed E-state index contributed by atoms with van der Waals surface area (Å²) >= 11 is 0. The summed E-state index contributed by atoms with van der Waals surface area (Å²) in [7, 11) is 0. The summed E-state index contributed by atoms with van der Waals surface area (Å²) in [6.07, 6.45) is 0.834. The van der Waals surface area contributed by atoms with Gasteiger partial charge in [0.1, 0.15) is 6.54 Å². The number of hydrogen-bond donors (Lipinski definition) is 1. The first-order valence-corrected chi connectivity index (χ1v) is 7.99. The molecule has 21 heavy (non-hydrogen) atoms. The Morgan fingerprint density at radius 3 is 2.38 bits per heavy atom. The quantitative estimate of drug-likeness (QED) is 0.726. The van der Waals surface area contributed by atoms with E-state index in [0.29, 0.717) is 25.6 Å². The third-order valence-electron chi connectivity index (χ3n) is 4.22. The topological polar surface area (TPSA) is 58.6 Å². The van der Waals surface area contributed by atoms with Gasteiger partial charge in [0.15, 0.2) is 0 Å². The van der Waals surface area contributed by atoms with Gasteiger partial charge in [-0.2, -0.15) is 0 Å². The largest absolute Gasteiger partial charge is 0.465 e. The van der Waals surface area contributed by atoms with Crippen LogP contribution in [0.2, 0.25) is 0 Å². The van der Waals surface area contributed by atoms with E-state index in [1.165, 1.54) is 0 Å². The van der Waals surface area contributed by atoms with Gasteiger partial charge in [-0.15, -0.1) is 0 Å². The first-order valence-electron chi connectivity index (χ1n) is 7.99. The molecular weight excluding hydrogens is 268 g/mol. The van der Waals surface area contributed by atoms with Crippen molar-refractivity contribution in [2.75, 3.05) is 32.8 Å². The van der Waals surface area contributed by atoms with Crippen LogP contribution in [-0.4, -0.2) is 49.6 Å². The van der Waals surface area contributed by atoms with Crippen molar-refractivity contribution in [3.05, 3.63) is 0 Å². The number of nitrogens with zero attached hydrogens (tertiary/aromatic N) is 1. The van der Waals surface area contributed by atoms with Crippen molar-refractivity contribution in [1.29, 1.82) is 0 Å². The van der Waals surface area contributed by atoms with Crippen molar-refractivity contribution in [3.63, 3.8) is 0 Å². The van der Waals surface area contributed by atoms with Crippen LogP contribution < -0.4 is 5.32 Å². The van der Waals surface area contributed by atoms with Gasteiger partial charge in [-0.25, -0.2) is 0 Å². The highest BCUT2D eigenvalue weighted by atomic mass is 16.5. The van der Waals surface area contributed by atoms with Crippen LogP contribution in [0.3, 0.4) is 0 Å². The Labute approximate surface area is 128 Å². The van der Waals surface area contributed by atoms with Gasteiger partial charge in [-0.3, -0.25) is 9.59 Å². The summed E-state index contributed by atoms with van der Waals surface area (Å²) in [5, 5.41) is 3.30. The van der Waals surface area contributed by atoms with Crippen molar-refractivity contribution in [2.45, 2.75) is 41.0 Å². The number of carbonyl (C=O) groups excluding carboxylic acids is 2. The molecule has 0 aromatic rings. The van der Waals surface area contributed by atoms with Crippen LogP contribution in [0, 0.1) is 17.3 Å². The van der Waals surface area contributed by atoms with Crippen molar-refractivity contribution >= 4 is 11.9 Å². The van der Waals surface area contributed by atoms with Crippen LogP contribution in [0.1, 0.15) is 41.0 Å². The third-order valence-corrected chi connectivity index (χ3v) is 4.22. The van der Waals surface area contributed by atoms with E-state index in [9.17, 15) is 9.59 Å². The van der Waals surface area contributed by atoms with Crippen LogP contribution in [-0.2, 0) is 14.3 Å². The smallest absolute Gasteiger partial charge is 0.325 e. The summed E-state index contributed by atoms with van der Waals surface area (Å²) in [6, 6.07) is 0. The van der Waals surface area contributed by atoms with E-state index in [4.69, 9.17) is 4.74 Å². The van der Waals surface area contributed by atoms with E-state index < -0.39 is 0 Å². The van der Waals surface area contributed by atoms with E-state index in [0.717, 1.165) is 13.0 Å². The molecule has 1 atom stereocenters. The number of esters is 1. The maximum atomic E-state index is 13.1.